The van der Waals surface area contributed by atoms with E-state index in [1.54, 1.807) is 17.4 Å². The number of carbonyl (C=O) groups is 1. The number of rotatable bonds is 2. The second-order valence-electron chi connectivity index (χ2n) is 4.70. The number of allylic oxidation sites excluding steroid dienone is 1. The normalized spacial score (nSPS) is 12.3. The molecule has 84 valence electrons. The first-order valence-corrected chi connectivity index (χ1v) is 5.89. The van der Waals surface area contributed by atoms with E-state index in [2.05, 4.69) is 0 Å². The van der Waals surface area contributed by atoms with Gasteiger partial charge in [-0.2, -0.15) is 5.26 Å². The number of Topliss-reactive ketones (excluding diaryl/α,β-unsaturated/α-hetero) is 1. The van der Waals surface area contributed by atoms with E-state index in [0.717, 1.165) is 4.88 Å². The highest BCUT2D eigenvalue weighted by Gasteiger charge is 2.24. The lowest BCUT2D eigenvalue weighted by Gasteiger charge is -2.15. The molecule has 1 aromatic rings. The quantitative estimate of drug-likeness (QED) is 0.578. The molecular formula is C13H15NOS. The fourth-order valence-corrected chi connectivity index (χ4v) is 2.05. The molecule has 0 aliphatic rings. The van der Waals surface area contributed by atoms with Gasteiger partial charge in [0.05, 0.1) is 5.57 Å². The first-order chi connectivity index (χ1) is 7.34. The van der Waals surface area contributed by atoms with Crippen molar-refractivity contribution in [3.05, 3.63) is 27.5 Å². The molecule has 0 fully saturated rings. The predicted molar refractivity (Wildman–Crippen MR) is 67.1 cm³/mol. The van der Waals surface area contributed by atoms with E-state index in [1.165, 1.54) is 4.88 Å². The van der Waals surface area contributed by atoms with Crippen molar-refractivity contribution in [2.45, 2.75) is 27.7 Å². The number of hydrogen-bond donors (Lipinski definition) is 0. The van der Waals surface area contributed by atoms with Crippen LogP contribution in [0.15, 0.2) is 17.7 Å². The minimum Gasteiger partial charge on any atom is -0.293 e. The SMILES string of the molecule is Cc1ccc(C=C(C#N)C(=O)C(C)(C)C)s1. The Morgan fingerprint density at radius 1 is 1.44 bits per heavy atom. The van der Waals surface area contributed by atoms with Gasteiger partial charge in [-0.25, -0.2) is 0 Å². The molecule has 2 nitrogen and oxygen atoms in total. The van der Waals surface area contributed by atoms with Gasteiger partial charge in [-0.05, 0) is 25.1 Å². The second-order valence-corrected chi connectivity index (χ2v) is 6.02. The van der Waals surface area contributed by atoms with Crippen LogP contribution in [0.2, 0.25) is 0 Å². The Morgan fingerprint density at radius 3 is 2.44 bits per heavy atom. The van der Waals surface area contributed by atoms with Gasteiger partial charge in [-0.3, -0.25) is 4.79 Å². The molecule has 0 radical (unpaired) electrons. The van der Waals surface area contributed by atoms with Gasteiger partial charge < -0.3 is 0 Å². The molecule has 3 heteroatoms. The summed E-state index contributed by atoms with van der Waals surface area (Å²) in [6.45, 7) is 7.46. The molecule has 1 aromatic heterocycles. The molecule has 0 bridgehead atoms. The molecule has 1 heterocycles. The Kier molecular flexibility index (Phi) is 3.66. The van der Waals surface area contributed by atoms with Crippen LogP contribution in [0.1, 0.15) is 30.5 Å². The summed E-state index contributed by atoms with van der Waals surface area (Å²) in [7, 11) is 0. The van der Waals surface area contributed by atoms with E-state index >= 15 is 0 Å². The highest BCUT2D eigenvalue weighted by molar-refractivity contribution is 7.12. The summed E-state index contributed by atoms with van der Waals surface area (Å²) in [6.07, 6.45) is 1.67. The topological polar surface area (TPSA) is 40.9 Å². The van der Waals surface area contributed by atoms with E-state index in [1.807, 2.05) is 45.9 Å². The first-order valence-electron chi connectivity index (χ1n) is 5.07. The Balaban J connectivity index is 3.05. The van der Waals surface area contributed by atoms with E-state index in [9.17, 15) is 4.79 Å². The molecule has 0 saturated heterocycles. The van der Waals surface area contributed by atoms with Crippen molar-refractivity contribution in [2.75, 3.05) is 0 Å². The molecule has 0 amide bonds. The molecule has 0 spiro atoms. The fraction of sp³-hybridized carbons (Fsp3) is 0.385. The van der Waals surface area contributed by atoms with E-state index in [4.69, 9.17) is 5.26 Å². The standard InChI is InChI=1S/C13H15NOS/c1-9-5-6-11(16-9)7-10(8-14)12(15)13(2,3)4/h5-7H,1-4H3. The lowest BCUT2D eigenvalue weighted by atomic mass is 9.86. The summed E-state index contributed by atoms with van der Waals surface area (Å²) in [5.41, 5.74) is -0.275. The zero-order valence-electron chi connectivity index (χ0n) is 10.00. The van der Waals surface area contributed by atoms with Crippen molar-refractivity contribution < 1.29 is 4.79 Å². The minimum absolute atomic E-state index is 0.110. The predicted octanol–water partition coefficient (Wildman–Crippen LogP) is 3.58. The third-order valence-electron chi connectivity index (χ3n) is 2.09. The average molecular weight is 233 g/mol. The molecule has 1 rings (SSSR count). The average Bonchev–Trinajstić information content (AvgIpc) is 2.58. The fourth-order valence-electron chi connectivity index (χ4n) is 1.23. The first kappa shape index (κ1) is 12.7. The molecule has 0 saturated carbocycles. The minimum atomic E-state index is -0.506. The van der Waals surface area contributed by atoms with Crippen molar-refractivity contribution in [3.8, 4) is 6.07 Å². The number of nitrogens with zero attached hydrogens (tertiary/aromatic N) is 1. The monoisotopic (exact) mass is 233 g/mol. The molecule has 0 unspecified atom stereocenters. The summed E-state index contributed by atoms with van der Waals surface area (Å²) in [5, 5.41) is 8.99. The largest absolute Gasteiger partial charge is 0.293 e. The third kappa shape index (κ3) is 3.04. The smallest absolute Gasteiger partial charge is 0.178 e. The van der Waals surface area contributed by atoms with Gasteiger partial charge in [-0.1, -0.05) is 20.8 Å². The summed E-state index contributed by atoms with van der Waals surface area (Å²) >= 11 is 1.58. The molecule has 16 heavy (non-hydrogen) atoms. The maximum absolute atomic E-state index is 11.9. The van der Waals surface area contributed by atoms with Crippen LogP contribution in [-0.2, 0) is 4.79 Å². The molecule has 0 aliphatic carbocycles. The Hall–Kier alpha value is -1.40. The molecule has 0 aliphatic heterocycles. The lowest BCUT2D eigenvalue weighted by Crippen LogP contribution is -2.21. The van der Waals surface area contributed by atoms with E-state index in [0.29, 0.717) is 0 Å². The summed E-state index contributed by atoms with van der Waals surface area (Å²) in [4.78, 5) is 14.0. The molecule has 0 N–H and O–H groups in total. The van der Waals surface area contributed by atoms with Crippen molar-refractivity contribution >= 4 is 23.2 Å². The molecular weight excluding hydrogens is 218 g/mol. The van der Waals surface area contributed by atoms with Crippen LogP contribution in [0, 0.1) is 23.7 Å². The molecule has 0 atom stereocenters. The van der Waals surface area contributed by atoms with Crippen molar-refractivity contribution in [1.29, 1.82) is 5.26 Å². The van der Waals surface area contributed by atoms with Crippen LogP contribution < -0.4 is 0 Å². The zero-order valence-corrected chi connectivity index (χ0v) is 10.8. The van der Waals surface area contributed by atoms with Crippen molar-refractivity contribution in [3.63, 3.8) is 0 Å². The van der Waals surface area contributed by atoms with Crippen LogP contribution in [0.5, 0.6) is 0 Å². The van der Waals surface area contributed by atoms with Crippen LogP contribution in [0.4, 0.5) is 0 Å². The summed E-state index contributed by atoms with van der Waals surface area (Å²) in [6, 6.07) is 5.89. The van der Waals surface area contributed by atoms with Crippen molar-refractivity contribution in [1.82, 2.24) is 0 Å². The number of carbonyl (C=O) groups excluding carboxylic acids is 1. The number of thiophene rings is 1. The van der Waals surface area contributed by atoms with E-state index in [-0.39, 0.29) is 11.4 Å². The van der Waals surface area contributed by atoms with Gasteiger partial charge in [0, 0.05) is 15.2 Å². The van der Waals surface area contributed by atoms with Crippen LogP contribution in [0.25, 0.3) is 6.08 Å². The van der Waals surface area contributed by atoms with Crippen LogP contribution >= 0.6 is 11.3 Å². The Labute approximate surface area is 100 Å². The number of aryl methyl sites for hydroxylation is 1. The third-order valence-corrected chi connectivity index (χ3v) is 3.04. The number of hydrogen-bond acceptors (Lipinski definition) is 3. The van der Waals surface area contributed by atoms with E-state index < -0.39 is 5.41 Å². The van der Waals surface area contributed by atoms with Gasteiger partial charge >= 0.3 is 0 Å². The summed E-state index contributed by atoms with van der Waals surface area (Å²) in [5.74, 6) is -0.110. The summed E-state index contributed by atoms with van der Waals surface area (Å²) < 4.78 is 0. The van der Waals surface area contributed by atoms with Gasteiger partial charge in [0.2, 0.25) is 0 Å². The van der Waals surface area contributed by atoms with Gasteiger partial charge in [0.25, 0.3) is 0 Å². The highest BCUT2D eigenvalue weighted by Crippen LogP contribution is 2.23. The van der Waals surface area contributed by atoms with Crippen LogP contribution in [-0.4, -0.2) is 5.78 Å². The lowest BCUT2D eigenvalue weighted by molar-refractivity contribution is -0.121. The van der Waals surface area contributed by atoms with Gasteiger partial charge in [-0.15, -0.1) is 11.3 Å². The maximum atomic E-state index is 11.9. The Bertz CT molecular complexity index is 469. The van der Waals surface area contributed by atoms with Crippen LogP contribution in [0.3, 0.4) is 0 Å². The van der Waals surface area contributed by atoms with Gasteiger partial charge in [0.15, 0.2) is 5.78 Å². The highest BCUT2D eigenvalue weighted by atomic mass is 32.1. The van der Waals surface area contributed by atoms with Crippen molar-refractivity contribution in [2.24, 2.45) is 5.41 Å². The molecule has 0 aromatic carbocycles. The maximum Gasteiger partial charge on any atom is 0.178 e. The number of nitriles is 1. The second kappa shape index (κ2) is 4.63. The zero-order chi connectivity index (χ0) is 12.3. The van der Waals surface area contributed by atoms with Gasteiger partial charge in [0.1, 0.15) is 6.07 Å². The Morgan fingerprint density at radius 2 is 2.06 bits per heavy atom. The number of ketones is 1.